The highest BCUT2D eigenvalue weighted by Crippen LogP contribution is 2.52. The van der Waals surface area contributed by atoms with Gasteiger partial charge in [0.2, 0.25) is 0 Å². The predicted molar refractivity (Wildman–Crippen MR) is 121 cm³/mol. The SMILES string of the molecule is Cc1ccc(C)c(-n2nc(-c3ccco3)cc2C(=O)N2CC3(C)CC2CC(C)(C)C3)c1. The average Bonchev–Trinajstić information content (AvgIpc) is 3.39. The van der Waals surface area contributed by atoms with E-state index >= 15 is 0 Å². The Hall–Kier alpha value is -2.82. The maximum absolute atomic E-state index is 14.0. The molecule has 1 saturated carbocycles. The van der Waals surface area contributed by atoms with Gasteiger partial charge in [-0.15, -0.1) is 0 Å². The van der Waals surface area contributed by atoms with Gasteiger partial charge in [-0.3, -0.25) is 4.79 Å². The van der Waals surface area contributed by atoms with E-state index in [-0.39, 0.29) is 22.8 Å². The van der Waals surface area contributed by atoms with Gasteiger partial charge < -0.3 is 9.32 Å². The van der Waals surface area contributed by atoms with Crippen molar-refractivity contribution in [2.75, 3.05) is 6.54 Å². The van der Waals surface area contributed by atoms with E-state index in [9.17, 15) is 4.79 Å². The van der Waals surface area contributed by atoms with Crippen molar-refractivity contribution in [3.63, 3.8) is 0 Å². The van der Waals surface area contributed by atoms with Crippen LogP contribution < -0.4 is 0 Å². The van der Waals surface area contributed by atoms with Crippen LogP contribution in [0.3, 0.4) is 0 Å². The molecule has 5 nitrogen and oxygen atoms in total. The molecule has 2 bridgehead atoms. The Labute approximate surface area is 184 Å². The maximum Gasteiger partial charge on any atom is 0.272 e. The lowest BCUT2D eigenvalue weighted by molar-refractivity contribution is 0.0699. The van der Waals surface area contributed by atoms with E-state index in [0.717, 1.165) is 42.6 Å². The van der Waals surface area contributed by atoms with Crippen molar-refractivity contribution in [3.8, 4) is 17.1 Å². The van der Waals surface area contributed by atoms with E-state index in [0.29, 0.717) is 17.1 Å². The molecule has 2 fully saturated rings. The maximum atomic E-state index is 14.0. The summed E-state index contributed by atoms with van der Waals surface area (Å²) < 4.78 is 7.41. The summed E-state index contributed by atoms with van der Waals surface area (Å²) in [5.74, 6) is 0.740. The largest absolute Gasteiger partial charge is 0.463 e. The van der Waals surface area contributed by atoms with Crippen molar-refractivity contribution < 1.29 is 9.21 Å². The van der Waals surface area contributed by atoms with Gasteiger partial charge in [-0.05, 0) is 73.3 Å². The summed E-state index contributed by atoms with van der Waals surface area (Å²) in [6.07, 6.45) is 4.94. The van der Waals surface area contributed by atoms with Gasteiger partial charge in [-0.1, -0.05) is 32.9 Å². The van der Waals surface area contributed by atoms with Crippen LogP contribution in [0, 0.1) is 24.7 Å². The Kier molecular flexibility index (Phi) is 4.44. The summed E-state index contributed by atoms with van der Waals surface area (Å²) in [4.78, 5) is 16.1. The molecule has 1 aliphatic carbocycles. The van der Waals surface area contributed by atoms with Crippen molar-refractivity contribution >= 4 is 5.91 Å². The monoisotopic (exact) mass is 417 g/mol. The van der Waals surface area contributed by atoms with Gasteiger partial charge in [0.1, 0.15) is 11.4 Å². The Morgan fingerprint density at radius 2 is 1.94 bits per heavy atom. The second kappa shape index (κ2) is 6.84. The van der Waals surface area contributed by atoms with Crippen molar-refractivity contribution in [1.82, 2.24) is 14.7 Å². The van der Waals surface area contributed by atoms with E-state index < -0.39 is 0 Å². The van der Waals surface area contributed by atoms with Crippen LogP contribution in [0.25, 0.3) is 17.1 Å². The molecule has 0 N–H and O–H groups in total. The van der Waals surface area contributed by atoms with Gasteiger partial charge in [-0.25, -0.2) is 4.68 Å². The third-order valence-corrected chi connectivity index (χ3v) is 6.97. The van der Waals surface area contributed by atoms with Crippen molar-refractivity contribution in [1.29, 1.82) is 0 Å². The van der Waals surface area contributed by atoms with Crippen LogP contribution in [0.2, 0.25) is 0 Å². The quantitative estimate of drug-likeness (QED) is 0.542. The van der Waals surface area contributed by atoms with Crippen LogP contribution in [0.15, 0.2) is 47.1 Å². The van der Waals surface area contributed by atoms with Gasteiger partial charge in [0.15, 0.2) is 5.76 Å². The van der Waals surface area contributed by atoms with E-state index in [1.807, 2.05) is 22.9 Å². The molecular weight excluding hydrogens is 386 g/mol. The highest BCUT2D eigenvalue weighted by molar-refractivity contribution is 5.95. The lowest BCUT2D eigenvalue weighted by atomic mass is 9.65. The second-order valence-electron chi connectivity index (χ2n) is 10.7. The summed E-state index contributed by atoms with van der Waals surface area (Å²) in [7, 11) is 0. The fraction of sp³-hybridized carbons (Fsp3) is 0.462. The zero-order chi connectivity index (χ0) is 22.0. The fourth-order valence-corrected chi connectivity index (χ4v) is 6.05. The Balaban J connectivity index is 1.60. The summed E-state index contributed by atoms with van der Waals surface area (Å²) >= 11 is 0. The molecule has 1 aromatic carbocycles. The molecule has 1 amide bonds. The van der Waals surface area contributed by atoms with E-state index in [4.69, 9.17) is 9.52 Å². The van der Waals surface area contributed by atoms with Crippen LogP contribution in [-0.4, -0.2) is 33.2 Å². The van der Waals surface area contributed by atoms with Crippen molar-refractivity contribution in [2.45, 2.75) is 59.9 Å². The highest BCUT2D eigenvalue weighted by Gasteiger charge is 2.51. The second-order valence-corrected chi connectivity index (χ2v) is 10.7. The van der Waals surface area contributed by atoms with Crippen LogP contribution >= 0.6 is 0 Å². The number of carbonyl (C=O) groups excluding carboxylic acids is 1. The zero-order valence-electron chi connectivity index (χ0n) is 19.1. The number of carbonyl (C=O) groups is 1. The number of hydrogen-bond donors (Lipinski definition) is 0. The van der Waals surface area contributed by atoms with Crippen LogP contribution in [-0.2, 0) is 0 Å². The van der Waals surface area contributed by atoms with Crippen LogP contribution in [0.5, 0.6) is 0 Å². The highest BCUT2D eigenvalue weighted by atomic mass is 16.3. The van der Waals surface area contributed by atoms with Gasteiger partial charge >= 0.3 is 0 Å². The first-order valence-corrected chi connectivity index (χ1v) is 11.2. The molecule has 2 unspecified atom stereocenters. The van der Waals surface area contributed by atoms with Gasteiger partial charge in [0, 0.05) is 18.7 Å². The molecule has 2 aromatic heterocycles. The number of fused-ring (bicyclic) bond motifs is 2. The molecule has 2 atom stereocenters. The first-order valence-electron chi connectivity index (χ1n) is 11.2. The Morgan fingerprint density at radius 3 is 2.68 bits per heavy atom. The van der Waals surface area contributed by atoms with E-state index in [1.54, 1.807) is 6.26 Å². The molecule has 1 saturated heterocycles. The molecule has 3 aromatic rings. The molecule has 1 aliphatic heterocycles. The third kappa shape index (κ3) is 3.50. The fourth-order valence-electron chi connectivity index (χ4n) is 6.05. The van der Waals surface area contributed by atoms with Gasteiger partial charge in [0.25, 0.3) is 5.91 Å². The summed E-state index contributed by atoms with van der Waals surface area (Å²) in [6, 6.07) is 12.2. The molecule has 162 valence electrons. The predicted octanol–water partition coefficient (Wildman–Crippen LogP) is 5.79. The molecule has 31 heavy (non-hydrogen) atoms. The molecule has 0 radical (unpaired) electrons. The Bertz CT molecular complexity index is 1140. The van der Waals surface area contributed by atoms with Crippen molar-refractivity contribution in [3.05, 3.63) is 59.5 Å². The summed E-state index contributed by atoms with van der Waals surface area (Å²) in [5.41, 5.74) is 4.91. The normalized spacial score (nSPS) is 24.5. The molecule has 3 heterocycles. The van der Waals surface area contributed by atoms with Crippen LogP contribution in [0.4, 0.5) is 0 Å². The summed E-state index contributed by atoms with van der Waals surface area (Å²) in [5, 5.41) is 4.82. The first kappa shape index (κ1) is 20.1. The Morgan fingerprint density at radius 1 is 1.13 bits per heavy atom. The number of likely N-dealkylation sites (tertiary alicyclic amines) is 1. The number of aromatic nitrogens is 2. The lowest BCUT2D eigenvalue weighted by Gasteiger charge is -2.39. The van der Waals surface area contributed by atoms with Crippen molar-refractivity contribution in [2.24, 2.45) is 10.8 Å². The number of benzene rings is 1. The van der Waals surface area contributed by atoms with Gasteiger partial charge in [0.05, 0.1) is 12.0 Å². The molecule has 5 heteroatoms. The smallest absolute Gasteiger partial charge is 0.272 e. The lowest BCUT2D eigenvalue weighted by Crippen LogP contribution is -2.38. The van der Waals surface area contributed by atoms with E-state index in [2.05, 4.69) is 57.7 Å². The average molecular weight is 418 g/mol. The number of amides is 1. The third-order valence-electron chi connectivity index (χ3n) is 6.97. The standard InChI is InChI=1S/C26H31N3O2/c1-17-8-9-18(2)21(11-17)29-22(12-20(27-29)23-7-6-10-31-23)24(30)28-16-26(5)14-19(28)13-25(3,4)15-26/h6-12,19H,13-16H2,1-5H3. The minimum atomic E-state index is 0.0673. The molecule has 0 spiro atoms. The summed E-state index contributed by atoms with van der Waals surface area (Å²) in [6.45, 7) is 11.9. The molecule has 2 aliphatic rings. The van der Waals surface area contributed by atoms with Crippen LogP contribution in [0.1, 0.15) is 61.6 Å². The number of nitrogens with zero attached hydrogens (tertiary/aromatic N) is 3. The number of furan rings is 1. The minimum Gasteiger partial charge on any atom is -0.463 e. The zero-order valence-corrected chi connectivity index (χ0v) is 19.1. The first-order chi connectivity index (χ1) is 14.6. The minimum absolute atomic E-state index is 0.0673. The number of aryl methyl sites for hydroxylation is 2. The molecule has 5 rings (SSSR count). The molecular formula is C26H31N3O2. The number of hydrogen-bond acceptors (Lipinski definition) is 3. The van der Waals surface area contributed by atoms with E-state index in [1.165, 1.54) is 0 Å². The topological polar surface area (TPSA) is 51.3 Å². The van der Waals surface area contributed by atoms with Gasteiger partial charge in [-0.2, -0.15) is 5.10 Å². The number of rotatable bonds is 3.